The summed E-state index contributed by atoms with van der Waals surface area (Å²) in [7, 11) is -1.97. The molecular weight excluding hydrogens is 308 g/mol. The van der Waals surface area contributed by atoms with E-state index in [1.54, 1.807) is 19.9 Å². The lowest BCUT2D eigenvalue weighted by molar-refractivity contribution is 0.136. The van der Waals surface area contributed by atoms with Crippen molar-refractivity contribution in [2.24, 2.45) is 0 Å². The SMILES string of the molecule is COC(C)CS(=O)(=O)Nc1nccc(Br)c1C. The first-order chi connectivity index (χ1) is 7.85. The maximum Gasteiger partial charge on any atom is 0.236 e. The van der Waals surface area contributed by atoms with E-state index in [9.17, 15) is 8.42 Å². The number of hydrogen-bond acceptors (Lipinski definition) is 4. The second-order valence-electron chi connectivity index (χ2n) is 3.70. The Hall–Kier alpha value is -0.660. The lowest BCUT2D eigenvalue weighted by atomic mass is 10.3. The maximum absolute atomic E-state index is 11.8. The van der Waals surface area contributed by atoms with Crippen molar-refractivity contribution in [1.82, 2.24) is 4.98 Å². The van der Waals surface area contributed by atoms with Crippen LogP contribution in [-0.2, 0) is 14.8 Å². The smallest absolute Gasteiger partial charge is 0.236 e. The molecular formula is C10H15BrN2O3S. The van der Waals surface area contributed by atoms with Crippen molar-refractivity contribution >= 4 is 31.8 Å². The molecule has 1 atom stereocenters. The third-order valence-electron chi connectivity index (χ3n) is 2.25. The van der Waals surface area contributed by atoms with Crippen molar-refractivity contribution in [2.75, 3.05) is 17.6 Å². The van der Waals surface area contributed by atoms with Gasteiger partial charge in [-0.15, -0.1) is 0 Å². The van der Waals surface area contributed by atoms with Crippen LogP contribution in [0.2, 0.25) is 0 Å². The van der Waals surface area contributed by atoms with Crippen LogP contribution in [0, 0.1) is 6.92 Å². The molecule has 0 amide bonds. The highest BCUT2D eigenvalue weighted by molar-refractivity contribution is 9.10. The normalized spacial score (nSPS) is 13.4. The van der Waals surface area contributed by atoms with Crippen molar-refractivity contribution in [2.45, 2.75) is 20.0 Å². The number of hydrogen-bond donors (Lipinski definition) is 1. The first-order valence-electron chi connectivity index (χ1n) is 5.00. The molecule has 0 aliphatic rings. The third kappa shape index (κ3) is 4.25. The van der Waals surface area contributed by atoms with Crippen LogP contribution in [0.5, 0.6) is 0 Å². The van der Waals surface area contributed by atoms with Gasteiger partial charge >= 0.3 is 0 Å². The van der Waals surface area contributed by atoms with E-state index >= 15 is 0 Å². The number of sulfonamides is 1. The summed E-state index contributed by atoms with van der Waals surface area (Å²) in [5, 5.41) is 0. The molecule has 17 heavy (non-hydrogen) atoms. The van der Waals surface area contributed by atoms with Crippen LogP contribution in [0.1, 0.15) is 12.5 Å². The number of halogens is 1. The predicted molar refractivity (Wildman–Crippen MR) is 70.6 cm³/mol. The average Bonchev–Trinajstić information content (AvgIpc) is 2.23. The Morgan fingerprint density at radius 1 is 1.59 bits per heavy atom. The summed E-state index contributed by atoms with van der Waals surface area (Å²) in [6.45, 7) is 3.48. The average molecular weight is 323 g/mol. The Bertz CT molecular complexity index is 490. The number of nitrogens with one attached hydrogen (secondary N) is 1. The van der Waals surface area contributed by atoms with Gasteiger partial charge in [0.05, 0.1) is 11.9 Å². The van der Waals surface area contributed by atoms with Crippen molar-refractivity contribution in [3.05, 3.63) is 22.3 Å². The zero-order valence-electron chi connectivity index (χ0n) is 9.90. The largest absolute Gasteiger partial charge is 0.381 e. The first kappa shape index (κ1) is 14.4. The van der Waals surface area contributed by atoms with Crippen LogP contribution in [0.25, 0.3) is 0 Å². The molecule has 0 saturated carbocycles. The molecule has 1 N–H and O–H groups in total. The highest BCUT2D eigenvalue weighted by Crippen LogP contribution is 2.21. The molecule has 1 rings (SSSR count). The monoisotopic (exact) mass is 322 g/mol. The van der Waals surface area contributed by atoms with E-state index < -0.39 is 10.0 Å². The Morgan fingerprint density at radius 3 is 2.82 bits per heavy atom. The van der Waals surface area contributed by atoms with Crippen molar-refractivity contribution < 1.29 is 13.2 Å². The second-order valence-corrected chi connectivity index (χ2v) is 6.32. The number of nitrogens with zero attached hydrogens (tertiary/aromatic N) is 1. The van der Waals surface area contributed by atoms with Gasteiger partial charge in [0.2, 0.25) is 10.0 Å². The zero-order valence-corrected chi connectivity index (χ0v) is 12.3. The van der Waals surface area contributed by atoms with Crippen LogP contribution in [0.15, 0.2) is 16.7 Å². The van der Waals surface area contributed by atoms with E-state index in [0.717, 1.165) is 10.0 Å². The van der Waals surface area contributed by atoms with Crippen molar-refractivity contribution in [3.63, 3.8) is 0 Å². The molecule has 1 aromatic rings. The van der Waals surface area contributed by atoms with E-state index in [1.165, 1.54) is 13.3 Å². The minimum absolute atomic E-state index is 0.100. The van der Waals surface area contributed by atoms with Crippen LogP contribution in [0.3, 0.4) is 0 Å². The Labute approximate surface area is 110 Å². The van der Waals surface area contributed by atoms with Gasteiger partial charge in [-0.1, -0.05) is 15.9 Å². The van der Waals surface area contributed by atoms with Gasteiger partial charge < -0.3 is 4.74 Å². The fourth-order valence-corrected chi connectivity index (χ4v) is 2.82. The van der Waals surface area contributed by atoms with E-state index in [1.807, 2.05) is 0 Å². The molecule has 0 aliphatic carbocycles. The number of pyridine rings is 1. The molecule has 0 spiro atoms. The molecule has 0 radical (unpaired) electrons. The van der Waals surface area contributed by atoms with E-state index in [2.05, 4.69) is 25.6 Å². The fourth-order valence-electron chi connectivity index (χ4n) is 1.18. The van der Waals surface area contributed by atoms with Gasteiger partial charge in [0, 0.05) is 23.3 Å². The summed E-state index contributed by atoms with van der Waals surface area (Å²) in [5.41, 5.74) is 0.751. The topological polar surface area (TPSA) is 68.3 Å². The van der Waals surface area contributed by atoms with Gasteiger partial charge in [-0.2, -0.15) is 0 Å². The molecule has 5 nitrogen and oxygen atoms in total. The van der Waals surface area contributed by atoms with Crippen LogP contribution < -0.4 is 4.72 Å². The summed E-state index contributed by atoms with van der Waals surface area (Å²) in [5.74, 6) is 0.236. The summed E-state index contributed by atoms with van der Waals surface area (Å²) in [4.78, 5) is 4.00. The molecule has 0 aromatic carbocycles. The quantitative estimate of drug-likeness (QED) is 0.899. The number of rotatable bonds is 5. The Balaban J connectivity index is 2.87. The standard InChI is InChI=1S/C10H15BrN2O3S/c1-7(16-3)6-17(14,15)13-10-8(2)9(11)4-5-12-10/h4-5,7H,6H2,1-3H3,(H,12,13). The van der Waals surface area contributed by atoms with Crippen LogP contribution in [-0.4, -0.2) is 32.4 Å². The summed E-state index contributed by atoms with van der Waals surface area (Å²) in [6.07, 6.45) is 1.18. The van der Waals surface area contributed by atoms with Crippen molar-refractivity contribution in [3.8, 4) is 0 Å². The lowest BCUT2D eigenvalue weighted by Crippen LogP contribution is -2.26. The number of ether oxygens (including phenoxy) is 1. The minimum Gasteiger partial charge on any atom is -0.381 e. The predicted octanol–water partition coefficient (Wildman–Crippen LogP) is 1.93. The fraction of sp³-hybridized carbons (Fsp3) is 0.500. The molecule has 1 aromatic heterocycles. The van der Waals surface area contributed by atoms with Crippen molar-refractivity contribution in [1.29, 1.82) is 0 Å². The Kier molecular flexibility index (Phi) is 4.91. The zero-order chi connectivity index (χ0) is 13.1. The van der Waals surface area contributed by atoms with E-state index in [-0.39, 0.29) is 11.9 Å². The molecule has 0 bridgehead atoms. The van der Waals surface area contributed by atoms with Crippen LogP contribution in [0.4, 0.5) is 5.82 Å². The number of methoxy groups -OCH3 is 1. The van der Waals surface area contributed by atoms with Gasteiger partial charge in [-0.3, -0.25) is 4.72 Å². The lowest BCUT2D eigenvalue weighted by Gasteiger charge is -2.13. The molecule has 0 saturated heterocycles. The van der Waals surface area contributed by atoms with Gasteiger partial charge in [0.25, 0.3) is 0 Å². The molecule has 1 unspecified atom stereocenters. The highest BCUT2D eigenvalue weighted by atomic mass is 79.9. The molecule has 1 heterocycles. The summed E-state index contributed by atoms with van der Waals surface area (Å²) >= 11 is 3.32. The van der Waals surface area contributed by atoms with Gasteiger partial charge in [-0.05, 0) is 19.9 Å². The van der Waals surface area contributed by atoms with Gasteiger partial charge in [0.1, 0.15) is 5.82 Å². The van der Waals surface area contributed by atoms with E-state index in [0.29, 0.717) is 5.82 Å². The summed E-state index contributed by atoms with van der Waals surface area (Å²) in [6, 6.07) is 1.75. The first-order valence-corrected chi connectivity index (χ1v) is 7.44. The van der Waals surface area contributed by atoms with Crippen LogP contribution >= 0.6 is 15.9 Å². The van der Waals surface area contributed by atoms with Gasteiger partial charge in [-0.25, -0.2) is 13.4 Å². The molecule has 96 valence electrons. The Morgan fingerprint density at radius 2 is 2.24 bits per heavy atom. The summed E-state index contributed by atoms with van der Waals surface area (Å²) < 4.78 is 31.8. The highest BCUT2D eigenvalue weighted by Gasteiger charge is 2.17. The van der Waals surface area contributed by atoms with Gasteiger partial charge in [0.15, 0.2) is 0 Å². The molecule has 0 fully saturated rings. The molecule has 0 aliphatic heterocycles. The number of aromatic nitrogens is 1. The maximum atomic E-state index is 11.8. The third-order valence-corrected chi connectivity index (χ3v) is 4.52. The van der Waals surface area contributed by atoms with E-state index in [4.69, 9.17) is 4.74 Å². The minimum atomic E-state index is -3.44. The number of anilines is 1. The molecule has 7 heteroatoms. The second kappa shape index (κ2) is 5.79.